The van der Waals surface area contributed by atoms with E-state index in [-0.39, 0.29) is 18.0 Å². The highest BCUT2D eigenvalue weighted by Crippen LogP contribution is 2.44. The van der Waals surface area contributed by atoms with Crippen LogP contribution in [0.4, 0.5) is 0 Å². The van der Waals surface area contributed by atoms with Gasteiger partial charge in [0.2, 0.25) is 0 Å². The van der Waals surface area contributed by atoms with E-state index < -0.39 is 0 Å². The number of fused-ring (bicyclic) bond motifs is 1. The van der Waals surface area contributed by atoms with Gasteiger partial charge < -0.3 is 14.2 Å². The van der Waals surface area contributed by atoms with Crippen LogP contribution in [-0.2, 0) is 14.2 Å². The molecule has 0 bridgehead atoms. The van der Waals surface area contributed by atoms with Gasteiger partial charge in [0.15, 0.2) is 5.79 Å². The fourth-order valence-corrected chi connectivity index (χ4v) is 3.33. The minimum atomic E-state index is -0.241. The first-order valence-corrected chi connectivity index (χ1v) is 6.76. The van der Waals surface area contributed by atoms with Gasteiger partial charge in [-0.05, 0) is 19.3 Å². The quantitative estimate of drug-likeness (QED) is 0.687. The summed E-state index contributed by atoms with van der Waals surface area (Å²) in [7, 11) is 0. The summed E-state index contributed by atoms with van der Waals surface area (Å²) in [6.45, 7) is 3.78. The Labute approximate surface area is 97.4 Å². The maximum Gasteiger partial charge on any atom is 0.169 e. The third-order valence-corrected chi connectivity index (χ3v) is 4.30. The molecular formula is C13H22O3. The molecule has 0 aromatic heterocycles. The molecule has 2 unspecified atom stereocenters. The van der Waals surface area contributed by atoms with Crippen molar-refractivity contribution in [2.24, 2.45) is 5.92 Å². The summed E-state index contributed by atoms with van der Waals surface area (Å²) in [4.78, 5) is 0. The average molecular weight is 226 g/mol. The predicted octanol–water partition coefficient (Wildman–Crippen LogP) is 2.49. The zero-order chi connectivity index (χ0) is 11.0. The number of rotatable bonds is 1. The molecule has 16 heavy (non-hydrogen) atoms. The second-order valence-electron chi connectivity index (χ2n) is 5.42. The van der Waals surface area contributed by atoms with Crippen molar-refractivity contribution in [3.63, 3.8) is 0 Å². The van der Waals surface area contributed by atoms with E-state index in [1.165, 1.54) is 19.3 Å². The van der Waals surface area contributed by atoms with Crippen molar-refractivity contribution >= 4 is 0 Å². The van der Waals surface area contributed by atoms with Gasteiger partial charge in [-0.15, -0.1) is 0 Å². The SMILES string of the molecule is CC[C@@H]1COCC2OC3(CCCCC3)OC21. The zero-order valence-electron chi connectivity index (χ0n) is 10.1. The molecule has 0 amide bonds. The van der Waals surface area contributed by atoms with Crippen molar-refractivity contribution in [1.29, 1.82) is 0 Å². The molecule has 1 spiro atoms. The van der Waals surface area contributed by atoms with E-state index >= 15 is 0 Å². The molecule has 3 rings (SSSR count). The van der Waals surface area contributed by atoms with Gasteiger partial charge in [0.1, 0.15) is 6.10 Å². The molecule has 3 fully saturated rings. The van der Waals surface area contributed by atoms with Crippen molar-refractivity contribution in [3.8, 4) is 0 Å². The van der Waals surface area contributed by atoms with E-state index in [4.69, 9.17) is 14.2 Å². The lowest BCUT2D eigenvalue weighted by Gasteiger charge is -2.32. The summed E-state index contributed by atoms with van der Waals surface area (Å²) >= 11 is 0. The van der Waals surface area contributed by atoms with Gasteiger partial charge in [-0.2, -0.15) is 0 Å². The Balaban J connectivity index is 1.73. The Morgan fingerprint density at radius 1 is 1.06 bits per heavy atom. The molecule has 2 aliphatic heterocycles. The lowest BCUT2D eigenvalue weighted by molar-refractivity contribution is -0.195. The highest BCUT2D eigenvalue weighted by atomic mass is 16.8. The zero-order valence-corrected chi connectivity index (χ0v) is 10.1. The lowest BCUT2D eigenvalue weighted by atomic mass is 9.93. The summed E-state index contributed by atoms with van der Waals surface area (Å²) in [5.41, 5.74) is 0. The molecular weight excluding hydrogens is 204 g/mol. The van der Waals surface area contributed by atoms with E-state index in [2.05, 4.69) is 6.92 Å². The van der Waals surface area contributed by atoms with Crippen LogP contribution in [0.2, 0.25) is 0 Å². The monoisotopic (exact) mass is 226 g/mol. The minimum absolute atomic E-state index is 0.191. The molecule has 3 aliphatic rings. The van der Waals surface area contributed by atoms with E-state index in [0.29, 0.717) is 5.92 Å². The Kier molecular flexibility index (Phi) is 2.94. The second kappa shape index (κ2) is 4.28. The topological polar surface area (TPSA) is 27.7 Å². The van der Waals surface area contributed by atoms with Crippen LogP contribution in [0.15, 0.2) is 0 Å². The number of ether oxygens (including phenoxy) is 3. The average Bonchev–Trinajstić information content (AvgIpc) is 2.67. The maximum absolute atomic E-state index is 6.30. The van der Waals surface area contributed by atoms with Crippen molar-refractivity contribution in [3.05, 3.63) is 0 Å². The highest BCUT2D eigenvalue weighted by molar-refractivity contribution is 4.92. The third-order valence-electron chi connectivity index (χ3n) is 4.30. The Hall–Kier alpha value is -0.120. The molecule has 2 saturated heterocycles. The lowest BCUT2D eigenvalue weighted by Crippen LogP contribution is -2.41. The second-order valence-corrected chi connectivity index (χ2v) is 5.42. The molecule has 3 nitrogen and oxygen atoms in total. The normalized spacial score (nSPS) is 42.2. The summed E-state index contributed by atoms with van der Waals surface area (Å²) in [5.74, 6) is 0.286. The van der Waals surface area contributed by atoms with Gasteiger partial charge in [0.25, 0.3) is 0 Å². The van der Waals surface area contributed by atoms with Crippen molar-refractivity contribution in [2.45, 2.75) is 63.4 Å². The third kappa shape index (κ3) is 1.79. The van der Waals surface area contributed by atoms with E-state index in [9.17, 15) is 0 Å². The van der Waals surface area contributed by atoms with Gasteiger partial charge >= 0.3 is 0 Å². The van der Waals surface area contributed by atoms with E-state index in [0.717, 1.165) is 32.5 Å². The van der Waals surface area contributed by atoms with E-state index in [1.54, 1.807) is 0 Å². The summed E-state index contributed by atoms with van der Waals surface area (Å²) < 4.78 is 18.1. The van der Waals surface area contributed by atoms with E-state index in [1.807, 2.05) is 0 Å². The maximum atomic E-state index is 6.30. The first-order chi connectivity index (χ1) is 7.83. The highest BCUT2D eigenvalue weighted by Gasteiger charge is 2.51. The first-order valence-electron chi connectivity index (χ1n) is 6.76. The predicted molar refractivity (Wildman–Crippen MR) is 60.2 cm³/mol. The standard InChI is InChI=1S/C13H22O3/c1-2-10-8-14-9-11-12(10)16-13(15-11)6-4-3-5-7-13/h10-12H,2-9H2,1H3/t10-,11?,12?/m1/s1. The Morgan fingerprint density at radius 3 is 2.62 bits per heavy atom. The van der Waals surface area contributed by atoms with Crippen LogP contribution in [0.25, 0.3) is 0 Å². The fraction of sp³-hybridized carbons (Fsp3) is 1.00. The van der Waals surface area contributed by atoms with Gasteiger partial charge in [-0.1, -0.05) is 13.3 Å². The molecule has 2 heterocycles. The Bertz CT molecular complexity index is 248. The van der Waals surface area contributed by atoms with Crippen LogP contribution in [0.5, 0.6) is 0 Å². The van der Waals surface area contributed by atoms with Gasteiger partial charge in [-0.25, -0.2) is 0 Å². The largest absolute Gasteiger partial charge is 0.378 e. The summed E-state index contributed by atoms with van der Waals surface area (Å²) in [6.07, 6.45) is 7.59. The van der Waals surface area contributed by atoms with Gasteiger partial charge in [-0.3, -0.25) is 0 Å². The minimum Gasteiger partial charge on any atom is -0.378 e. The molecule has 1 aliphatic carbocycles. The van der Waals surface area contributed by atoms with Crippen molar-refractivity contribution in [2.75, 3.05) is 13.2 Å². The smallest absolute Gasteiger partial charge is 0.169 e. The van der Waals surface area contributed by atoms with Crippen LogP contribution in [-0.4, -0.2) is 31.2 Å². The molecule has 0 radical (unpaired) electrons. The summed E-state index contributed by atoms with van der Waals surface area (Å²) in [6, 6.07) is 0. The van der Waals surface area contributed by atoms with Crippen LogP contribution in [0.1, 0.15) is 45.4 Å². The molecule has 0 N–H and O–H groups in total. The Morgan fingerprint density at radius 2 is 1.88 bits per heavy atom. The molecule has 0 aromatic carbocycles. The molecule has 3 heteroatoms. The first kappa shape index (κ1) is 11.0. The van der Waals surface area contributed by atoms with Gasteiger partial charge in [0.05, 0.1) is 19.3 Å². The molecule has 1 saturated carbocycles. The molecule has 0 aromatic rings. The van der Waals surface area contributed by atoms with Gasteiger partial charge in [0, 0.05) is 18.8 Å². The fourth-order valence-electron chi connectivity index (χ4n) is 3.33. The van der Waals surface area contributed by atoms with Crippen LogP contribution >= 0.6 is 0 Å². The number of hydrogen-bond donors (Lipinski definition) is 0. The van der Waals surface area contributed by atoms with Crippen LogP contribution in [0, 0.1) is 5.92 Å². The molecule has 3 atom stereocenters. The molecule has 92 valence electrons. The van der Waals surface area contributed by atoms with Crippen LogP contribution < -0.4 is 0 Å². The van der Waals surface area contributed by atoms with Crippen molar-refractivity contribution in [1.82, 2.24) is 0 Å². The number of hydrogen-bond acceptors (Lipinski definition) is 3. The van der Waals surface area contributed by atoms with Crippen LogP contribution in [0.3, 0.4) is 0 Å². The summed E-state index contributed by atoms with van der Waals surface area (Å²) in [5, 5.41) is 0. The van der Waals surface area contributed by atoms with Crippen molar-refractivity contribution < 1.29 is 14.2 Å².